The maximum atomic E-state index is 12.1. The van der Waals surface area contributed by atoms with Gasteiger partial charge in [0.05, 0.1) is 19.0 Å². The van der Waals surface area contributed by atoms with Crippen molar-refractivity contribution in [1.29, 1.82) is 0 Å². The number of methoxy groups -OCH3 is 1. The summed E-state index contributed by atoms with van der Waals surface area (Å²) < 4.78 is 4.47. The summed E-state index contributed by atoms with van der Waals surface area (Å²) in [5.74, 6) is -1.42. The molecule has 2 heterocycles. The molecule has 2 N–H and O–H groups in total. The van der Waals surface area contributed by atoms with E-state index >= 15 is 0 Å². The van der Waals surface area contributed by atoms with E-state index in [-0.39, 0.29) is 18.0 Å². The van der Waals surface area contributed by atoms with Gasteiger partial charge in [-0.3, -0.25) is 14.5 Å². The predicted molar refractivity (Wildman–Crippen MR) is 119 cm³/mol. The fourth-order valence-electron chi connectivity index (χ4n) is 3.49. The number of rotatable bonds is 8. The lowest BCUT2D eigenvalue weighted by Gasteiger charge is -2.36. The highest BCUT2D eigenvalue weighted by atomic mass is 35.5. The summed E-state index contributed by atoms with van der Waals surface area (Å²) in [5, 5.41) is 13.3. The van der Waals surface area contributed by atoms with Crippen molar-refractivity contribution in [2.75, 3.05) is 51.3 Å². The van der Waals surface area contributed by atoms with Gasteiger partial charge in [-0.2, -0.15) is 0 Å². The van der Waals surface area contributed by atoms with Crippen molar-refractivity contribution in [1.82, 2.24) is 15.2 Å². The summed E-state index contributed by atoms with van der Waals surface area (Å²) in [6.45, 7) is 4.22. The van der Waals surface area contributed by atoms with Gasteiger partial charge in [0.15, 0.2) is 5.69 Å². The van der Waals surface area contributed by atoms with E-state index in [0.29, 0.717) is 0 Å². The average molecular weight is 447 g/mol. The largest absolute Gasteiger partial charge is 0.505 e. The Bertz CT molecular complexity index is 899. The van der Waals surface area contributed by atoms with Crippen molar-refractivity contribution in [3.05, 3.63) is 52.8 Å². The Morgan fingerprint density at radius 1 is 1.19 bits per heavy atom. The Hall–Kier alpha value is -2.84. The van der Waals surface area contributed by atoms with Gasteiger partial charge in [0.2, 0.25) is 0 Å². The van der Waals surface area contributed by atoms with Crippen molar-refractivity contribution >= 4 is 29.2 Å². The van der Waals surface area contributed by atoms with E-state index in [1.807, 2.05) is 12.1 Å². The third-order valence-corrected chi connectivity index (χ3v) is 5.53. The van der Waals surface area contributed by atoms with E-state index in [1.54, 1.807) is 6.20 Å². The SMILES string of the molecule is COC(=O)CNC(=O)c1ncc(N2CCN(CCCc3ccc(Cl)cc3)CC2)cc1O. The lowest BCUT2D eigenvalue weighted by atomic mass is 10.1. The number of nitrogens with one attached hydrogen (secondary N) is 1. The van der Waals surface area contributed by atoms with Crippen molar-refractivity contribution < 1.29 is 19.4 Å². The normalized spacial score (nSPS) is 14.3. The number of amides is 1. The van der Waals surface area contributed by atoms with Gasteiger partial charge >= 0.3 is 5.97 Å². The van der Waals surface area contributed by atoms with E-state index in [1.165, 1.54) is 18.7 Å². The zero-order valence-electron chi connectivity index (χ0n) is 17.5. The molecular formula is C22H27ClN4O4. The Kier molecular flexibility index (Phi) is 8.08. The number of carbonyl (C=O) groups is 2. The van der Waals surface area contributed by atoms with E-state index < -0.39 is 11.9 Å². The number of esters is 1. The van der Waals surface area contributed by atoms with Gasteiger partial charge < -0.3 is 20.1 Å². The van der Waals surface area contributed by atoms with Gasteiger partial charge in [-0.15, -0.1) is 0 Å². The zero-order chi connectivity index (χ0) is 22.2. The number of carbonyl (C=O) groups excluding carboxylic acids is 2. The molecule has 0 spiro atoms. The van der Waals surface area contributed by atoms with Crippen LogP contribution in [-0.2, 0) is 16.0 Å². The van der Waals surface area contributed by atoms with Gasteiger partial charge in [0.25, 0.3) is 5.91 Å². The summed E-state index contributed by atoms with van der Waals surface area (Å²) in [4.78, 5) is 31.9. The first-order valence-electron chi connectivity index (χ1n) is 10.2. The second kappa shape index (κ2) is 11.0. The number of aromatic nitrogens is 1. The Balaban J connectivity index is 1.45. The lowest BCUT2D eigenvalue weighted by molar-refractivity contribution is -0.139. The molecule has 0 bridgehead atoms. The summed E-state index contributed by atoms with van der Waals surface area (Å²) in [5.41, 5.74) is 1.94. The summed E-state index contributed by atoms with van der Waals surface area (Å²) >= 11 is 5.93. The van der Waals surface area contributed by atoms with Crippen molar-refractivity contribution in [2.45, 2.75) is 12.8 Å². The van der Waals surface area contributed by atoms with Gasteiger partial charge in [-0.25, -0.2) is 4.98 Å². The zero-order valence-corrected chi connectivity index (χ0v) is 18.3. The Morgan fingerprint density at radius 3 is 2.55 bits per heavy atom. The van der Waals surface area contributed by atoms with Crippen molar-refractivity contribution in [2.24, 2.45) is 0 Å². The summed E-state index contributed by atoms with van der Waals surface area (Å²) in [7, 11) is 1.23. The second-order valence-corrected chi connectivity index (χ2v) is 7.82. The molecule has 1 saturated heterocycles. The van der Waals surface area contributed by atoms with Crippen molar-refractivity contribution in [3.63, 3.8) is 0 Å². The van der Waals surface area contributed by atoms with Gasteiger partial charge in [-0.05, 0) is 37.1 Å². The third-order valence-electron chi connectivity index (χ3n) is 5.28. The molecule has 9 heteroatoms. The van der Waals surface area contributed by atoms with Crippen LogP contribution in [0.1, 0.15) is 22.5 Å². The van der Waals surface area contributed by atoms with Crippen LogP contribution in [0.15, 0.2) is 36.5 Å². The van der Waals surface area contributed by atoms with Crippen LogP contribution in [0, 0.1) is 0 Å². The lowest BCUT2D eigenvalue weighted by Crippen LogP contribution is -2.46. The molecule has 0 aliphatic carbocycles. The first-order chi connectivity index (χ1) is 15.0. The molecule has 0 saturated carbocycles. The number of ether oxygens (including phenoxy) is 1. The van der Waals surface area contributed by atoms with Crippen LogP contribution < -0.4 is 10.2 Å². The molecule has 1 aromatic heterocycles. The minimum absolute atomic E-state index is 0.117. The number of anilines is 1. The fourth-order valence-corrected chi connectivity index (χ4v) is 3.61. The molecule has 1 amide bonds. The molecule has 1 aliphatic rings. The molecule has 1 fully saturated rings. The summed E-state index contributed by atoms with van der Waals surface area (Å²) in [6, 6.07) is 9.52. The quantitative estimate of drug-likeness (QED) is 0.599. The highest BCUT2D eigenvalue weighted by molar-refractivity contribution is 6.30. The number of piperazine rings is 1. The van der Waals surface area contributed by atoms with Crippen molar-refractivity contribution in [3.8, 4) is 5.75 Å². The Morgan fingerprint density at radius 2 is 1.90 bits per heavy atom. The molecule has 0 atom stereocenters. The smallest absolute Gasteiger partial charge is 0.325 e. The molecule has 0 radical (unpaired) electrons. The first-order valence-corrected chi connectivity index (χ1v) is 10.6. The minimum atomic E-state index is -0.625. The second-order valence-electron chi connectivity index (χ2n) is 7.38. The number of nitrogens with zero attached hydrogens (tertiary/aromatic N) is 3. The maximum Gasteiger partial charge on any atom is 0.325 e. The molecule has 31 heavy (non-hydrogen) atoms. The standard InChI is InChI=1S/C22H27ClN4O4/c1-31-20(29)15-25-22(30)21-19(28)13-18(14-24-21)27-11-9-26(10-12-27)8-2-3-16-4-6-17(23)7-5-16/h4-7,13-14,28H,2-3,8-12,15H2,1H3,(H,25,30). The number of aromatic hydroxyl groups is 1. The van der Waals surface area contributed by atoms with Crippen LogP contribution in [-0.4, -0.2) is 73.2 Å². The molecule has 166 valence electrons. The maximum absolute atomic E-state index is 12.1. The minimum Gasteiger partial charge on any atom is -0.505 e. The van der Waals surface area contributed by atoms with Gasteiger partial charge in [-0.1, -0.05) is 23.7 Å². The van der Waals surface area contributed by atoms with Crippen LogP contribution in [0.5, 0.6) is 5.75 Å². The van der Waals surface area contributed by atoms with E-state index in [0.717, 1.165) is 56.3 Å². The van der Waals surface area contributed by atoms with Crippen LogP contribution in [0.2, 0.25) is 5.02 Å². The van der Waals surface area contributed by atoms with E-state index in [2.05, 4.69) is 37.0 Å². The number of aryl methyl sites for hydroxylation is 1. The molecule has 2 aromatic rings. The van der Waals surface area contributed by atoms with Crippen LogP contribution >= 0.6 is 11.6 Å². The Labute approximate surface area is 186 Å². The van der Waals surface area contributed by atoms with Crippen LogP contribution in [0.4, 0.5) is 5.69 Å². The first kappa shape index (κ1) is 22.8. The fraction of sp³-hybridized carbons (Fsp3) is 0.409. The summed E-state index contributed by atoms with van der Waals surface area (Å²) in [6.07, 6.45) is 3.68. The molecule has 1 aliphatic heterocycles. The number of halogens is 1. The number of pyridine rings is 1. The molecular weight excluding hydrogens is 420 g/mol. The predicted octanol–water partition coefficient (Wildman–Crippen LogP) is 2.10. The van der Waals surface area contributed by atoms with Gasteiger partial charge in [0.1, 0.15) is 12.3 Å². The highest BCUT2D eigenvalue weighted by Gasteiger charge is 2.20. The van der Waals surface area contributed by atoms with Gasteiger partial charge in [0, 0.05) is 37.3 Å². The number of benzene rings is 1. The van der Waals surface area contributed by atoms with E-state index in [9.17, 15) is 14.7 Å². The molecule has 0 unspecified atom stereocenters. The topological polar surface area (TPSA) is 95.0 Å². The third kappa shape index (κ3) is 6.57. The monoisotopic (exact) mass is 446 g/mol. The number of hydrogen-bond donors (Lipinski definition) is 2. The average Bonchev–Trinajstić information content (AvgIpc) is 2.79. The van der Waals surface area contributed by atoms with Crippen LogP contribution in [0.25, 0.3) is 0 Å². The molecule has 8 nitrogen and oxygen atoms in total. The molecule has 3 rings (SSSR count). The highest BCUT2D eigenvalue weighted by Crippen LogP contribution is 2.23. The van der Waals surface area contributed by atoms with Crippen LogP contribution in [0.3, 0.4) is 0 Å². The number of hydrogen-bond acceptors (Lipinski definition) is 7. The molecule has 1 aromatic carbocycles. The van der Waals surface area contributed by atoms with E-state index in [4.69, 9.17) is 11.6 Å².